The third-order valence-corrected chi connectivity index (χ3v) is 3.36. The van der Waals surface area contributed by atoms with Crippen LogP contribution in [-0.4, -0.2) is 17.7 Å². The Bertz CT molecular complexity index is 552. The van der Waals surface area contributed by atoms with E-state index < -0.39 is 11.6 Å². The number of urea groups is 1. The summed E-state index contributed by atoms with van der Waals surface area (Å²) in [6, 6.07) is 6.43. The molecule has 1 aromatic rings. The molecule has 2 aliphatic rings. The molecule has 2 N–H and O–H groups in total. The van der Waals surface area contributed by atoms with Crippen molar-refractivity contribution in [3.63, 3.8) is 0 Å². The molecule has 1 spiro atoms. The number of fused-ring (bicyclic) bond motifs is 2. The first-order valence-electron chi connectivity index (χ1n) is 5.40. The third kappa shape index (κ3) is 1.22. The predicted molar refractivity (Wildman–Crippen MR) is 58.4 cm³/mol. The zero-order chi connectivity index (χ0) is 12.0. The second kappa shape index (κ2) is 3.16. The second-order valence-corrected chi connectivity index (χ2v) is 4.28. The molecule has 17 heavy (non-hydrogen) atoms. The van der Waals surface area contributed by atoms with Gasteiger partial charge in [0.25, 0.3) is 5.91 Å². The van der Waals surface area contributed by atoms with Gasteiger partial charge in [-0.15, -0.1) is 0 Å². The number of Topliss-reactive ketones (excluding diaryl/α,β-unsaturated/α-hetero) is 1. The van der Waals surface area contributed by atoms with E-state index in [0.717, 1.165) is 0 Å². The van der Waals surface area contributed by atoms with Crippen LogP contribution in [0.15, 0.2) is 24.3 Å². The Labute approximate surface area is 97.2 Å². The van der Waals surface area contributed by atoms with Gasteiger partial charge in [0.15, 0.2) is 5.78 Å². The van der Waals surface area contributed by atoms with E-state index in [-0.39, 0.29) is 18.1 Å². The number of carbonyl (C=O) groups is 3. The molecule has 1 saturated heterocycles. The average molecular weight is 230 g/mol. The van der Waals surface area contributed by atoms with Gasteiger partial charge >= 0.3 is 6.03 Å². The molecule has 0 bridgehead atoms. The van der Waals surface area contributed by atoms with Crippen molar-refractivity contribution >= 4 is 17.7 Å². The van der Waals surface area contributed by atoms with E-state index in [1.165, 1.54) is 0 Å². The fourth-order valence-corrected chi connectivity index (χ4v) is 2.53. The number of hydrogen-bond donors (Lipinski definition) is 2. The molecule has 5 heteroatoms. The maximum Gasteiger partial charge on any atom is 0.322 e. The number of nitrogens with one attached hydrogen (secondary N) is 2. The lowest BCUT2D eigenvalue weighted by Gasteiger charge is -2.31. The first-order valence-corrected chi connectivity index (χ1v) is 5.40. The van der Waals surface area contributed by atoms with E-state index in [1.807, 2.05) is 0 Å². The minimum Gasteiger partial charge on any atom is -0.319 e. The molecular weight excluding hydrogens is 220 g/mol. The summed E-state index contributed by atoms with van der Waals surface area (Å²) in [5.41, 5.74) is 0.0670. The van der Waals surface area contributed by atoms with Gasteiger partial charge < -0.3 is 5.32 Å². The van der Waals surface area contributed by atoms with Crippen molar-refractivity contribution in [1.82, 2.24) is 10.6 Å². The minimum atomic E-state index is -1.05. The minimum absolute atomic E-state index is 0.0140. The molecule has 3 amide bonds. The van der Waals surface area contributed by atoms with Crippen LogP contribution in [0.4, 0.5) is 4.79 Å². The van der Waals surface area contributed by atoms with Crippen LogP contribution in [0.1, 0.15) is 28.8 Å². The van der Waals surface area contributed by atoms with Crippen molar-refractivity contribution in [3.05, 3.63) is 35.4 Å². The highest BCUT2D eigenvalue weighted by molar-refractivity contribution is 6.11. The number of ketones is 1. The largest absolute Gasteiger partial charge is 0.322 e. The first kappa shape index (κ1) is 10.0. The Kier molecular flexibility index (Phi) is 1.86. The van der Waals surface area contributed by atoms with Gasteiger partial charge in [-0.05, 0) is 12.0 Å². The molecule has 86 valence electrons. The molecule has 1 fully saturated rings. The van der Waals surface area contributed by atoms with Gasteiger partial charge in [0.05, 0.1) is 0 Å². The van der Waals surface area contributed by atoms with Crippen LogP contribution in [0.3, 0.4) is 0 Å². The lowest BCUT2D eigenvalue weighted by atomic mass is 9.76. The highest BCUT2D eigenvalue weighted by atomic mass is 16.2. The fourth-order valence-electron chi connectivity index (χ4n) is 2.53. The SMILES string of the molecule is O=C1NC(=O)C2(CCC(=O)c3ccccc32)N1. The Morgan fingerprint density at radius 2 is 1.88 bits per heavy atom. The average Bonchev–Trinajstić information content (AvgIpc) is 2.61. The van der Waals surface area contributed by atoms with E-state index in [4.69, 9.17) is 0 Å². The highest BCUT2D eigenvalue weighted by Gasteiger charge is 2.51. The molecule has 1 unspecified atom stereocenters. The summed E-state index contributed by atoms with van der Waals surface area (Å²) in [6.45, 7) is 0. The van der Waals surface area contributed by atoms with E-state index in [1.54, 1.807) is 24.3 Å². The van der Waals surface area contributed by atoms with E-state index >= 15 is 0 Å². The zero-order valence-corrected chi connectivity index (χ0v) is 8.95. The van der Waals surface area contributed by atoms with E-state index in [9.17, 15) is 14.4 Å². The number of carbonyl (C=O) groups excluding carboxylic acids is 3. The standard InChI is InChI=1S/C12H10N2O3/c15-9-5-6-12(10(16)13-11(17)14-12)8-4-2-1-3-7(8)9/h1-4H,5-6H2,(H2,13,14,16,17). The van der Waals surface area contributed by atoms with E-state index in [2.05, 4.69) is 10.6 Å². The number of amides is 3. The Balaban J connectivity index is 2.22. The quantitative estimate of drug-likeness (QED) is 0.644. The van der Waals surface area contributed by atoms with E-state index in [0.29, 0.717) is 17.5 Å². The molecule has 0 aromatic heterocycles. The maximum atomic E-state index is 11.9. The molecule has 1 aromatic carbocycles. The van der Waals surface area contributed by atoms with Crippen LogP contribution in [0, 0.1) is 0 Å². The summed E-state index contributed by atoms with van der Waals surface area (Å²) < 4.78 is 0. The van der Waals surface area contributed by atoms with Gasteiger partial charge in [0.1, 0.15) is 5.54 Å². The van der Waals surface area contributed by atoms with Crippen LogP contribution in [0.2, 0.25) is 0 Å². The van der Waals surface area contributed by atoms with Gasteiger partial charge in [-0.3, -0.25) is 14.9 Å². The van der Waals surface area contributed by atoms with Gasteiger partial charge in [0, 0.05) is 12.0 Å². The van der Waals surface area contributed by atoms with Crippen LogP contribution in [0.5, 0.6) is 0 Å². The lowest BCUT2D eigenvalue weighted by Crippen LogP contribution is -2.47. The normalized spacial score (nSPS) is 26.7. The molecule has 1 aliphatic carbocycles. The summed E-state index contributed by atoms with van der Waals surface area (Å²) in [6.07, 6.45) is 0.588. The van der Waals surface area contributed by atoms with Crippen LogP contribution in [0.25, 0.3) is 0 Å². The molecule has 1 heterocycles. The second-order valence-electron chi connectivity index (χ2n) is 4.28. The zero-order valence-electron chi connectivity index (χ0n) is 8.95. The molecule has 0 radical (unpaired) electrons. The van der Waals surface area contributed by atoms with Gasteiger partial charge in [-0.2, -0.15) is 0 Å². The number of imide groups is 1. The van der Waals surface area contributed by atoms with Crippen molar-refractivity contribution in [1.29, 1.82) is 0 Å². The monoisotopic (exact) mass is 230 g/mol. The van der Waals surface area contributed by atoms with Gasteiger partial charge in [0.2, 0.25) is 0 Å². The summed E-state index contributed by atoms with van der Waals surface area (Å²) in [5, 5.41) is 4.88. The van der Waals surface area contributed by atoms with Crippen molar-refractivity contribution in [2.45, 2.75) is 18.4 Å². The van der Waals surface area contributed by atoms with Crippen LogP contribution < -0.4 is 10.6 Å². The van der Waals surface area contributed by atoms with Crippen molar-refractivity contribution in [2.24, 2.45) is 0 Å². The smallest absolute Gasteiger partial charge is 0.319 e. The molecular formula is C12H10N2O3. The summed E-state index contributed by atoms with van der Waals surface area (Å²) in [5.74, 6) is -0.359. The maximum absolute atomic E-state index is 11.9. The molecule has 0 saturated carbocycles. The fraction of sp³-hybridized carbons (Fsp3) is 0.250. The number of hydrogen-bond acceptors (Lipinski definition) is 3. The van der Waals surface area contributed by atoms with Crippen LogP contribution in [-0.2, 0) is 10.3 Å². The van der Waals surface area contributed by atoms with Crippen LogP contribution >= 0.6 is 0 Å². The highest BCUT2D eigenvalue weighted by Crippen LogP contribution is 2.37. The third-order valence-electron chi connectivity index (χ3n) is 3.36. The topological polar surface area (TPSA) is 75.3 Å². The number of rotatable bonds is 0. The molecule has 1 aliphatic heterocycles. The predicted octanol–water partition coefficient (Wildman–Crippen LogP) is 0.698. The lowest BCUT2D eigenvalue weighted by molar-refractivity contribution is -0.124. The molecule has 1 atom stereocenters. The molecule has 3 rings (SSSR count). The first-order chi connectivity index (χ1) is 8.13. The Morgan fingerprint density at radius 1 is 1.12 bits per heavy atom. The summed E-state index contributed by atoms with van der Waals surface area (Å²) in [4.78, 5) is 35.0. The van der Waals surface area contributed by atoms with Crippen molar-refractivity contribution in [2.75, 3.05) is 0 Å². The summed E-state index contributed by atoms with van der Waals surface area (Å²) in [7, 11) is 0. The Morgan fingerprint density at radius 3 is 2.59 bits per heavy atom. The summed E-state index contributed by atoms with van der Waals surface area (Å²) >= 11 is 0. The van der Waals surface area contributed by atoms with Crippen molar-refractivity contribution in [3.8, 4) is 0 Å². The van der Waals surface area contributed by atoms with Crippen molar-refractivity contribution < 1.29 is 14.4 Å². The van der Waals surface area contributed by atoms with Gasteiger partial charge in [-0.25, -0.2) is 4.79 Å². The van der Waals surface area contributed by atoms with Gasteiger partial charge in [-0.1, -0.05) is 24.3 Å². The Hall–Kier alpha value is -2.17. The number of benzene rings is 1. The molecule has 5 nitrogen and oxygen atoms in total.